The molecule has 122 valence electrons. The number of hydrogen-bond acceptors (Lipinski definition) is 4. The number of rotatable bonds is 9. The van der Waals surface area contributed by atoms with Crippen molar-refractivity contribution in [3.05, 3.63) is 35.4 Å². The number of ether oxygens (including phenoxy) is 2. The van der Waals surface area contributed by atoms with Gasteiger partial charge in [-0.2, -0.15) is 0 Å². The molecule has 0 spiro atoms. The minimum absolute atomic E-state index is 0.353. The first-order valence-corrected chi connectivity index (χ1v) is 8.02. The first kappa shape index (κ1) is 18.2. The van der Waals surface area contributed by atoms with Gasteiger partial charge in [0.05, 0.1) is 24.3 Å². The minimum Gasteiger partial charge on any atom is -0.462 e. The Morgan fingerprint density at radius 1 is 0.955 bits per heavy atom. The molecule has 0 fully saturated rings. The van der Waals surface area contributed by atoms with E-state index in [4.69, 9.17) is 9.47 Å². The fraction of sp³-hybridized carbons (Fsp3) is 0.556. The molecule has 0 aliphatic rings. The van der Waals surface area contributed by atoms with E-state index in [1.54, 1.807) is 24.3 Å². The summed E-state index contributed by atoms with van der Waals surface area (Å²) < 4.78 is 10.3. The molecule has 0 radical (unpaired) electrons. The Morgan fingerprint density at radius 3 is 1.91 bits per heavy atom. The molecule has 0 saturated carbocycles. The molecule has 1 aromatic carbocycles. The topological polar surface area (TPSA) is 52.6 Å². The van der Waals surface area contributed by atoms with E-state index >= 15 is 0 Å². The zero-order valence-electron chi connectivity index (χ0n) is 13.8. The second kappa shape index (κ2) is 9.98. The molecule has 22 heavy (non-hydrogen) atoms. The molecule has 4 nitrogen and oxygen atoms in total. The number of unbranched alkanes of at least 4 members (excludes halogenated alkanes) is 1. The monoisotopic (exact) mass is 306 g/mol. The van der Waals surface area contributed by atoms with Crippen LogP contribution in [0.4, 0.5) is 0 Å². The molecule has 0 amide bonds. The quantitative estimate of drug-likeness (QED) is 0.506. The van der Waals surface area contributed by atoms with Crippen LogP contribution in [0.5, 0.6) is 0 Å². The Morgan fingerprint density at radius 2 is 1.45 bits per heavy atom. The Labute approximate surface area is 132 Å². The maximum atomic E-state index is 11.9. The summed E-state index contributed by atoms with van der Waals surface area (Å²) in [5, 5.41) is 0. The van der Waals surface area contributed by atoms with Gasteiger partial charge in [-0.3, -0.25) is 0 Å². The van der Waals surface area contributed by atoms with Crippen LogP contribution in [0, 0.1) is 5.92 Å². The molecule has 0 saturated heterocycles. The predicted octanol–water partition coefficient (Wildman–Crippen LogP) is 4.24. The van der Waals surface area contributed by atoms with Gasteiger partial charge in [-0.15, -0.1) is 0 Å². The zero-order chi connectivity index (χ0) is 16.4. The van der Waals surface area contributed by atoms with Crippen LogP contribution in [-0.4, -0.2) is 25.2 Å². The zero-order valence-corrected chi connectivity index (χ0v) is 13.8. The minimum atomic E-state index is -0.356. The van der Waals surface area contributed by atoms with Crippen molar-refractivity contribution in [2.24, 2.45) is 5.92 Å². The molecule has 0 bridgehead atoms. The Hall–Kier alpha value is -1.84. The molecule has 0 N–H and O–H groups in total. The number of carbonyl (C=O) groups excluding carboxylic acids is 2. The van der Waals surface area contributed by atoms with Crippen molar-refractivity contribution in [3.8, 4) is 0 Å². The maximum Gasteiger partial charge on any atom is 0.338 e. The van der Waals surface area contributed by atoms with Crippen LogP contribution < -0.4 is 0 Å². The summed E-state index contributed by atoms with van der Waals surface area (Å²) in [6.07, 6.45) is 3.78. The Bertz CT molecular complexity index is 464. The van der Waals surface area contributed by atoms with Crippen LogP contribution in [0.15, 0.2) is 24.3 Å². The number of esters is 2. The van der Waals surface area contributed by atoms with Crippen molar-refractivity contribution >= 4 is 11.9 Å². The van der Waals surface area contributed by atoms with Crippen LogP contribution in [-0.2, 0) is 9.47 Å². The number of hydrogen-bond donors (Lipinski definition) is 0. The second-order valence-electron chi connectivity index (χ2n) is 5.50. The Balaban J connectivity index is 2.46. The first-order chi connectivity index (χ1) is 10.6. The van der Waals surface area contributed by atoms with E-state index in [9.17, 15) is 9.59 Å². The van der Waals surface area contributed by atoms with Gasteiger partial charge in [0, 0.05) is 0 Å². The van der Waals surface area contributed by atoms with E-state index < -0.39 is 0 Å². The summed E-state index contributed by atoms with van der Waals surface area (Å²) in [5.74, 6) is -0.160. The lowest BCUT2D eigenvalue weighted by Gasteiger charge is -2.09. The van der Waals surface area contributed by atoms with Gasteiger partial charge in [0.2, 0.25) is 0 Å². The lowest BCUT2D eigenvalue weighted by molar-refractivity contribution is 0.0476. The van der Waals surface area contributed by atoms with Gasteiger partial charge in [0.25, 0.3) is 0 Å². The highest BCUT2D eigenvalue weighted by atomic mass is 16.5. The summed E-state index contributed by atoms with van der Waals surface area (Å²) in [4.78, 5) is 23.6. The average molecular weight is 306 g/mol. The molecular formula is C18H26O4. The summed E-state index contributed by atoms with van der Waals surface area (Å²) in [5.41, 5.74) is 0.904. The van der Waals surface area contributed by atoms with Gasteiger partial charge in [0.1, 0.15) is 0 Å². The van der Waals surface area contributed by atoms with Crippen LogP contribution in [0.1, 0.15) is 67.2 Å². The lowest BCUT2D eigenvalue weighted by atomic mass is 10.1. The van der Waals surface area contributed by atoms with Crippen LogP contribution in [0.3, 0.4) is 0 Å². The van der Waals surface area contributed by atoms with Crippen LogP contribution >= 0.6 is 0 Å². The first-order valence-electron chi connectivity index (χ1n) is 8.02. The highest BCUT2D eigenvalue weighted by molar-refractivity contribution is 5.93. The van der Waals surface area contributed by atoms with E-state index in [-0.39, 0.29) is 11.9 Å². The molecule has 0 heterocycles. The molecule has 0 aliphatic heterocycles. The van der Waals surface area contributed by atoms with E-state index in [0.717, 1.165) is 25.7 Å². The van der Waals surface area contributed by atoms with E-state index in [2.05, 4.69) is 13.8 Å². The molecule has 0 aromatic heterocycles. The molecule has 1 unspecified atom stereocenters. The number of benzene rings is 1. The number of carbonyl (C=O) groups is 2. The van der Waals surface area contributed by atoms with Crippen molar-refractivity contribution in [2.75, 3.05) is 13.2 Å². The van der Waals surface area contributed by atoms with Crippen LogP contribution in [0.25, 0.3) is 0 Å². The smallest absolute Gasteiger partial charge is 0.338 e. The largest absolute Gasteiger partial charge is 0.462 e. The third kappa shape index (κ3) is 6.29. The SMILES string of the molecule is CCCCOC(=O)c1ccc(C(=O)OCCC(C)CC)cc1. The van der Waals surface area contributed by atoms with Crippen molar-refractivity contribution < 1.29 is 19.1 Å². The summed E-state index contributed by atoms with van der Waals surface area (Å²) in [7, 11) is 0. The summed E-state index contributed by atoms with van der Waals surface area (Å²) >= 11 is 0. The molecule has 4 heteroatoms. The van der Waals surface area contributed by atoms with Crippen molar-refractivity contribution in [1.29, 1.82) is 0 Å². The van der Waals surface area contributed by atoms with Gasteiger partial charge in [-0.25, -0.2) is 9.59 Å². The highest BCUT2D eigenvalue weighted by Gasteiger charge is 2.11. The average Bonchev–Trinajstić information content (AvgIpc) is 2.54. The van der Waals surface area contributed by atoms with Crippen molar-refractivity contribution in [3.63, 3.8) is 0 Å². The van der Waals surface area contributed by atoms with Gasteiger partial charge in [-0.1, -0.05) is 33.6 Å². The van der Waals surface area contributed by atoms with Crippen molar-refractivity contribution in [2.45, 2.75) is 46.5 Å². The van der Waals surface area contributed by atoms with Gasteiger partial charge in [0.15, 0.2) is 0 Å². The molecule has 1 aromatic rings. The Kier molecular flexibility index (Phi) is 8.26. The van der Waals surface area contributed by atoms with Crippen LogP contribution in [0.2, 0.25) is 0 Å². The maximum absolute atomic E-state index is 11.9. The molecular weight excluding hydrogens is 280 g/mol. The predicted molar refractivity (Wildman–Crippen MR) is 86.0 cm³/mol. The second-order valence-corrected chi connectivity index (χ2v) is 5.50. The molecule has 0 aliphatic carbocycles. The van der Waals surface area contributed by atoms with Gasteiger partial charge in [-0.05, 0) is 43.0 Å². The lowest BCUT2D eigenvalue weighted by Crippen LogP contribution is -2.10. The summed E-state index contributed by atoms with van der Waals surface area (Å²) in [6, 6.07) is 6.39. The van der Waals surface area contributed by atoms with Crippen molar-refractivity contribution in [1.82, 2.24) is 0 Å². The normalized spacial score (nSPS) is 11.8. The summed E-state index contributed by atoms with van der Waals surface area (Å²) in [6.45, 7) is 7.14. The molecule has 1 atom stereocenters. The van der Waals surface area contributed by atoms with E-state index in [1.807, 2.05) is 6.92 Å². The highest BCUT2D eigenvalue weighted by Crippen LogP contribution is 2.10. The fourth-order valence-electron chi connectivity index (χ4n) is 1.78. The van der Waals surface area contributed by atoms with Gasteiger partial charge < -0.3 is 9.47 Å². The third-order valence-electron chi connectivity index (χ3n) is 3.63. The molecule has 1 rings (SSSR count). The van der Waals surface area contributed by atoms with E-state index in [0.29, 0.717) is 30.3 Å². The van der Waals surface area contributed by atoms with E-state index in [1.165, 1.54) is 0 Å². The fourth-order valence-corrected chi connectivity index (χ4v) is 1.78. The standard InChI is InChI=1S/C18H26O4/c1-4-6-12-21-17(19)15-7-9-16(10-8-15)18(20)22-13-11-14(3)5-2/h7-10,14H,4-6,11-13H2,1-3H3. The third-order valence-corrected chi connectivity index (χ3v) is 3.63. The van der Waals surface area contributed by atoms with Gasteiger partial charge >= 0.3 is 11.9 Å².